The Kier molecular flexibility index (Phi) is 7.74. The Morgan fingerprint density at radius 2 is 0.875 bits per heavy atom. The smallest absolute Gasteiger partial charge is 0.417 e. The summed E-state index contributed by atoms with van der Waals surface area (Å²) >= 11 is 0. The molecular weight excluding hydrogens is 223 g/mol. The van der Waals surface area contributed by atoms with Crippen molar-refractivity contribution in [3.8, 4) is 0 Å². The minimum Gasteiger partial charge on any atom is -0.417 e. The van der Waals surface area contributed by atoms with Crippen LogP contribution in [0.5, 0.6) is 0 Å². The van der Waals surface area contributed by atoms with Gasteiger partial charge in [-0.25, -0.2) is 0 Å². The zero-order valence-electron chi connectivity index (χ0n) is 10.9. The Labute approximate surface area is 99.8 Å². The average molecular weight is 244 g/mol. The quantitative estimate of drug-likeness (QED) is 0.484. The lowest BCUT2D eigenvalue weighted by molar-refractivity contribution is 0.299. The van der Waals surface area contributed by atoms with E-state index in [4.69, 9.17) is 13.6 Å². The summed E-state index contributed by atoms with van der Waals surface area (Å²) in [5.74, 6) is 0. The molecule has 0 aromatic carbocycles. The molecule has 0 amide bonds. The fourth-order valence-electron chi connectivity index (χ4n) is 0.520. The van der Waals surface area contributed by atoms with Gasteiger partial charge in [0.15, 0.2) is 0 Å². The van der Waals surface area contributed by atoms with Crippen LogP contribution in [0.3, 0.4) is 0 Å². The first-order valence-corrected chi connectivity index (χ1v) is 6.22. The van der Waals surface area contributed by atoms with E-state index >= 15 is 0 Å². The fourth-order valence-corrected chi connectivity index (χ4v) is 1.56. The van der Waals surface area contributed by atoms with Crippen molar-refractivity contribution in [2.75, 3.05) is 0 Å². The van der Waals surface area contributed by atoms with Gasteiger partial charge in [0.25, 0.3) is 0 Å². The van der Waals surface area contributed by atoms with Gasteiger partial charge in [-0.15, -0.1) is 0 Å². The van der Waals surface area contributed by atoms with E-state index in [2.05, 4.69) is 0 Å². The molecule has 0 bridgehead atoms. The molecule has 0 radical (unpaired) electrons. The van der Waals surface area contributed by atoms with Crippen molar-refractivity contribution in [1.29, 1.82) is 0 Å². The van der Waals surface area contributed by atoms with Gasteiger partial charge >= 0.3 is 8.60 Å². The minimum absolute atomic E-state index is 1.06. The molecule has 0 saturated heterocycles. The second-order valence-electron chi connectivity index (χ2n) is 4.13. The highest BCUT2D eigenvalue weighted by atomic mass is 31.2. The summed E-state index contributed by atoms with van der Waals surface area (Å²) < 4.78 is 16.1. The normalized spacial score (nSPS) is 9.19. The van der Waals surface area contributed by atoms with E-state index in [1.165, 1.54) is 0 Å². The number of allylic oxidation sites excluding steroid dienone is 3. The maximum atomic E-state index is 5.37. The van der Waals surface area contributed by atoms with Gasteiger partial charge in [0, 0.05) is 0 Å². The highest BCUT2D eigenvalue weighted by Gasteiger charge is 2.11. The van der Waals surface area contributed by atoms with Crippen molar-refractivity contribution >= 4 is 8.60 Å². The van der Waals surface area contributed by atoms with Gasteiger partial charge in [-0.1, -0.05) is 0 Å². The van der Waals surface area contributed by atoms with Crippen molar-refractivity contribution in [3.63, 3.8) is 0 Å². The van der Waals surface area contributed by atoms with Gasteiger partial charge in [0.05, 0.1) is 18.8 Å². The van der Waals surface area contributed by atoms with Crippen LogP contribution >= 0.6 is 8.60 Å². The lowest BCUT2D eigenvalue weighted by Crippen LogP contribution is -1.84. The third-order valence-corrected chi connectivity index (χ3v) is 1.96. The van der Waals surface area contributed by atoms with E-state index in [1.807, 2.05) is 41.5 Å². The molecule has 92 valence electrons. The van der Waals surface area contributed by atoms with Crippen LogP contribution in [0.4, 0.5) is 0 Å². The van der Waals surface area contributed by atoms with Crippen LogP contribution in [0.25, 0.3) is 0 Å². The van der Waals surface area contributed by atoms with Crippen LogP contribution in [0.2, 0.25) is 0 Å². The maximum Gasteiger partial charge on any atom is 0.528 e. The predicted molar refractivity (Wildman–Crippen MR) is 68.5 cm³/mol. The highest BCUT2D eigenvalue weighted by molar-refractivity contribution is 7.42. The summed E-state index contributed by atoms with van der Waals surface area (Å²) in [5, 5.41) is 0. The molecule has 0 saturated carbocycles. The Morgan fingerprint density at radius 1 is 0.625 bits per heavy atom. The second kappa shape index (κ2) is 8.23. The molecule has 4 heteroatoms. The summed E-state index contributed by atoms with van der Waals surface area (Å²) in [6.07, 6.45) is 4.93. The summed E-state index contributed by atoms with van der Waals surface area (Å²) in [4.78, 5) is 0. The summed E-state index contributed by atoms with van der Waals surface area (Å²) in [7, 11) is -1.39. The van der Waals surface area contributed by atoms with Gasteiger partial charge in [0.1, 0.15) is 0 Å². The molecule has 0 fully saturated rings. The largest absolute Gasteiger partial charge is 0.528 e. The molecule has 3 nitrogen and oxygen atoms in total. The van der Waals surface area contributed by atoms with Crippen LogP contribution in [0.15, 0.2) is 35.5 Å². The van der Waals surface area contributed by atoms with Gasteiger partial charge < -0.3 is 13.6 Å². The Balaban J connectivity index is 4.33. The lowest BCUT2D eigenvalue weighted by Gasteiger charge is -2.12. The maximum absolute atomic E-state index is 5.37. The van der Waals surface area contributed by atoms with Crippen molar-refractivity contribution in [1.82, 2.24) is 0 Å². The molecule has 0 spiro atoms. The molecule has 0 aromatic heterocycles. The number of hydrogen-bond acceptors (Lipinski definition) is 3. The summed E-state index contributed by atoms with van der Waals surface area (Å²) in [5.41, 5.74) is 3.19. The van der Waals surface area contributed by atoms with Gasteiger partial charge in [-0.2, -0.15) is 0 Å². The molecule has 0 unspecified atom stereocenters. The molecule has 0 aliphatic rings. The lowest BCUT2D eigenvalue weighted by atomic mass is 10.4. The molecule has 0 heterocycles. The summed E-state index contributed by atoms with van der Waals surface area (Å²) in [6, 6.07) is 0. The zero-order valence-corrected chi connectivity index (χ0v) is 11.8. The SMILES string of the molecule is CC(C)=COP(OC=C(C)C)OC=C(C)C. The molecule has 16 heavy (non-hydrogen) atoms. The second-order valence-corrected chi connectivity index (χ2v) is 5.21. The molecular formula is C12H21O3P. The monoisotopic (exact) mass is 244 g/mol. The molecule has 0 aliphatic carbocycles. The third-order valence-electron chi connectivity index (χ3n) is 1.12. The van der Waals surface area contributed by atoms with Crippen LogP contribution < -0.4 is 0 Å². The standard InChI is InChI=1S/C12H21O3P/c1-10(2)7-13-16(14-8-11(3)4)15-9-12(5)6/h7-9H,1-6H3. The van der Waals surface area contributed by atoms with Crippen LogP contribution in [-0.2, 0) is 13.6 Å². The van der Waals surface area contributed by atoms with E-state index in [1.54, 1.807) is 18.8 Å². The Bertz CT molecular complexity index is 233. The average Bonchev–Trinajstić information content (AvgIpc) is 2.15. The van der Waals surface area contributed by atoms with Crippen LogP contribution in [-0.4, -0.2) is 0 Å². The molecule has 0 N–H and O–H groups in total. The van der Waals surface area contributed by atoms with E-state index < -0.39 is 8.60 Å². The molecule has 0 atom stereocenters. The summed E-state index contributed by atoms with van der Waals surface area (Å²) in [6.45, 7) is 11.7. The first-order valence-electron chi connectivity index (χ1n) is 5.12. The fraction of sp³-hybridized carbons (Fsp3) is 0.500. The van der Waals surface area contributed by atoms with Crippen molar-refractivity contribution in [2.24, 2.45) is 0 Å². The first-order chi connectivity index (χ1) is 7.41. The zero-order chi connectivity index (χ0) is 12.6. The first kappa shape index (κ1) is 15.0. The van der Waals surface area contributed by atoms with E-state index in [0.717, 1.165) is 16.7 Å². The molecule has 0 rings (SSSR count). The van der Waals surface area contributed by atoms with Gasteiger partial charge in [-0.05, 0) is 58.3 Å². The Hall–Kier alpha value is -0.950. The van der Waals surface area contributed by atoms with E-state index in [-0.39, 0.29) is 0 Å². The molecule has 0 aliphatic heterocycles. The Morgan fingerprint density at radius 3 is 1.06 bits per heavy atom. The van der Waals surface area contributed by atoms with E-state index in [0.29, 0.717) is 0 Å². The predicted octanol–water partition coefficient (Wildman–Crippen LogP) is 5.03. The van der Waals surface area contributed by atoms with Crippen molar-refractivity contribution in [3.05, 3.63) is 35.5 Å². The van der Waals surface area contributed by atoms with Crippen molar-refractivity contribution in [2.45, 2.75) is 41.5 Å². The van der Waals surface area contributed by atoms with Gasteiger partial charge in [0.2, 0.25) is 0 Å². The third kappa shape index (κ3) is 9.60. The van der Waals surface area contributed by atoms with Crippen molar-refractivity contribution < 1.29 is 13.6 Å². The minimum atomic E-state index is -1.39. The number of rotatable bonds is 6. The highest BCUT2D eigenvalue weighted by Crippen LogP contribution is 2.41. The van der Waals surface area contributed by atoms with Gasteiger partial charge in [-0.3, -0.25) is 0 Å². The molecule has 0 aromatic rings. The van der Waals surface area contributed by atoms with Crippen LogP contribution in [0.1, 0.15) is 41.5 Å². The number of hydrogen-bond donors (Lipinski definition) is 0. The van der Waals surface area contributed by atoms with E-state index in [9.17, 15) is 0 Å². The van der Waals surface area contributed by atoms with Crippen LogP contribution in [0, 0.1) is 0 Å². The topological polar surface area (TPSA) is 27.7 Å².